The second-order valence-electron chi connectivity index (χ2n) is 5.28. The third-order valence-electron chi connectivity index (χ3n) is 3.68. The SMILES string of the molecule is CCc1ccc(C(=O)N[C@@H]2CCc3nc(C)cn3C2)o1. The molecule has 2 aromatic heterocycles. The van der Waals surface area contributed by atoms with Crippen LogP contribution in [-0.4, -0.2) is 21.5 Å². The molecule has 5 heteroatoms. The highest BCUT2D eigenvalue weighted by Gasteiger charge is 2.22. The van der Waals surface area contributed by atoms with Gasteiger partial charge in [-0.05, 0) is 25.5 Å². The number of furan rings is 1. The van der Waals surface area contributed by atoms with Crippen LogP contribution in [0.25, 0.3) is 0 Å². The number of hydrogen-bond donors (Lipinski definition) is 1. The van der Waals surface area contributed by atoms with Gasteiger partial charge in [0.2, 0.25) is 0 Å². The van der Waals surface area contributed by atoms with Crippen molar-refractivity contribution in [1.29, 1.82) is 0 Å². The Labute approximate surface area is 118 Å². The Bertz CT molecular complexity index is 627. The van der Waals surface area contributed by atoms with E-state index in [1.54, 1.807) is 6.07 Å². The first-order valence-corrected chi connectivity index (χ1v) is 7.08. The molecule has 0 saturated heterocycles. The summed E-state index contributed by atoms with van der Waals surface area (Å²) >= 11 is 0. The highest BCUT2D eigenvalue weighted by atomic mass is 16.3. The van der Waals surface area contributed by atoms with Crippen LogP contribution in [0.2, 0.25) is 0 Å². The van der Waals surface area contributed by atoms with Crippen LogP contribution in [-0.2, 0) is 19.4 Å². The smallest absolute Gasteiger partial charge is 0.287 e. The molecule has 0 bridgehead atoms. The van der Waals surface area contributed by atoms with Crippen molar-refractivity contribution in [2.75, 3.05) is 0 Å². The second-order valence-corrected chi connectivity index (χ2v) is 5.28. The minimum Gasteiger partial charge on any atom is -0.456 e. The van der Waals surface area contributed by atoms with Crippen molar-refractivity contribution in [3.8, 4) is 0 Å². The number of imidazole rings is 1. The lowest BCUT2D eigenvalue weighted by Gasteiger charge is -2.24. The van der Waals surface area contributed by atoms with E-state index in [4.69, 9.17) is 4.42 Å². The lowest BCUT2D eigenvalue weighted by Crippen LogP contribution is -2.40. The maximum Gasteiger partial charge on any atom is 0.287 e. The van der Waals surface area contributed by atoms with E-state index in [2.05, 4.69) is 14.9 Å². The molecule has 2 aromatic rings. The number of rotatable bonds is 3. The van der Waals surface area contributed by atoms with Crippen molar-refractivity contribution < 1.29 is 9.21 Å². The average molecular weight is 273 g/mol. The van der Waals surface area contributed by atoms with Crippen LogP contribution in [0.4, 0.5) is 0 Å². The Kier molecular flexibility index (Phi) is 3.34. The van der Waals surface area contributed by atoms with E-state index in [0.717, 1.165) is 43.1 Å². The summed E-state index contributed by atoms with van der Waals surface area (Å²) in [6.45, 7) is 4.78. The summed E-state index contributed by atoms with van der Waals surface area (Å²) in [7, 11) is 0. The van der Waals surface area contributed by atoms with Crippen molar-refractivity contribution in [3.63, 3.8) is 0 Å². The highest BCUT2D eigenvalue weighted by Crippen LogP contribution is 2.16. The normalized spacial score (nSPS) is 17.8. The van der Waals surface area contributed by atoms with E-state index in [1.165, 1.54) is 0 Å². The van der Waals surface area contributed by atoms with Gasteiger partial charge in [-0.25, -0.2) is 4.98 Å². The zero-order chi connectivity index (χ0) is 14.1. The predicted octanol–water partition coefficient (Wildman–Crippen LogP) is 2.09. The fourth-order valence-corrected chi connectivity index (χ4v) is 2.65. The Morgan fingerprint density at radius 2 is 2.40 bits per heavy atom. The molecule has 0 aliphatic carbocycles. The van der Waals surface area contributed by atoms with Crippen molar-refractivity contribution >= 4 is 5.91 Å². The monoisotopic (exact) mass is 273 g/mol. The molecule has 3 rings (SSSR count). The molecule has 0 radical (unpaired) electrons. The molecular formula is C15H19N3O2. The molecule has 3 heterocycles. The molecule has 0 spiro atoms. The molecule has 0 saturated carbocycles. The summed E-state index contributed by atoms with van der Waals surface area (Å²) < 4.78 is 7.61. The molecule has 0 aromatic carbocycles. The summed E-state index contributed by atoms with van der Waals surface area (Å²) in [6.07, 6.45) is 4.66. The minimum atomic E-state index is -0.130. The zero-order valence-electron chi connectivity index (χ0n) is 11.8. The fourth-order valence-electron chi connectivity index (χ4n) is 2.65. The maximum absolute atomic E-state index is 12.1. The fraction of sp³-hybridized carbons (Fsp3) is 0.467. The Hall–Kier alpha value is -2.04. The van der Waals surface area contributed by atoms with Crippen molar-refractivity contribution in [2.45, 2.75) is 45.7 Å². The first kappa shape index (κ1) is 13.0. The van der Waals surface area contributed by atoms with Crippen LogP contribution in [0.5, 0.6) is 0 Å². The van der Waals surface area contributed by atoms with Gasteiger partial charge in [-0.3, -0.25) is 4.79 Å². The van der Waals surface area contributed by atoms with Crippen LogP contribution < -0.4 is 5.32 Å². The quantitative estimate of drug-likeness (QED) is 0.931. The zero-order valence-corrected chi connectivity index (χ0v) is 11.8. The van der Waals surface area contributed by atoms with E-state index in [0.29, 0.717) is 5.76 Å². The molecule has 1 amide bonds. The van der Waals surface area contributed by atoms with Gasteiger partial charge in [0.05, 0.1) is 5.69 Å². The van der Waals surface area contributed by atoms with Crippen molar-refractivity contribution in [2.24, 2.45) is 0 Å². The summed E-state index contributed by atoms with van der Waals surface area (Å²) in [5.74, 6) is 2.22. The number of nitrogens with one attached hydrogen (secondary N) is 1. The number of nitrogens with zero attached hydrogens (tertiary/aromatic N) is 2. The third kappa shape index (κ3) is 2.48. The summed E-state index contributed by atoms with van der Waals surface area (Å²) in [4.78, 5) is 16.6. The van der Waals surface area contributed by atoms with E-state index in [9.17, 15) is 4.79 Å². The van der Waals surface area contributed by atoms with Gasteiger partial charge in [0.1, 0.15) is 11.6 Å². The molecule has 1 aliphatic heterocycles. The van der Waals surface area contributed by atoms with E-state index >= 15 is 0 Å². The van der Waals surface area contributed by atoms with Crippen LogP contribution in [0.1, 0.15) is 41.2 Å². The van der Waals surface area contributed by atoms with E-state index < -0.39 is 0 Å². The first-order chi connectivity index (χ1) is 9.65. The van der Waals surface area contributed by atoms with Crippen LogP contribution in [0.15, 0.2) is 22.7 Å². The lowest BCUT2D eigenvalue weighted by atomic mass is 10.1. The molecule has 5 nitrogen and oxygen atoms in total. The van der Waals surface area contributed by atoms with Gasteiger partial charge in [0, 0.05) is 31.6 Å². The predicted molar refractivity (Wildman–Crippen MR) is 74.6 cm³/mol. The standard InChI is InChI=1S/C15H19N3O2/c1-3-12-5-6-13(20-12)15(19)17-11-4-7-14-16-10(2)8-18(14)9-11/h5-6,8,11H,3-4,7,9H2,1-2H3,(H,17,19)/t11-/m1/s1. The second kappa shape index (κ2) is 5.15. The molecule has 1 aliphatic rings. The van der Waals surface area contributed by atoms with Crippen molar-refractivity contribution in [1.82, 2.24) is 14.9 Å². The Morgan fingerprint density at radius 3 is 3.15 bits per heavy atom. The minimum absolute atomic E-state index is 0.130. The average Bonchev–Trinajstić information content (AvgIpc) is 3.03. The molecule has 20 heavy (non-hydrogen) atoms. The number of carbonyl (C=O) groups is 1. The Morgan fingerprint density at radius 1 is 1.55 bits per heavy atom. The van der Waals surface area contributed by atoms with Gasteiger partial charge >= 0.3 is 0 Å². The van der Waals surface area contributed by atoms with E-state index in [-0.39, 0.29) is 11.9 Å². The number of amides is 1. The van der Waals surface area contributed by atoms with Gasteiger partial charge in [0.25, 0.3) is 5.91 Å². The van der Waals surface area contributed by atoms with Gasteiger partial charge in [0.15, 0.2) is 5.76 Å². The summed E-state index contributed by atoms with van der Waals surface area (Å²) in [5, 5.41) is 3.04. The van der Waals surface area contributed by atoms with Gasteiger partial charge in [-0.2, -0.15) is 0 Å². The highest BCUT2D eigenvalue weighted by molar-refractivity contribution is 5.91. The number of carbonyl (C=O) groups excluding carboxylic acids is 1. The maximum atomic E-state index is 12.1. The topological polar surface area (TPSA) is 60.1 Å². The van der Waals surface area contributed by atoms with Gasteiger partial charge < -0.3 is 14.3 Å². The number of aryl methyl sites for hydroxylation is 3. The molecule has 0 unspecified atom stereocenters. The van der Waals surface area contributed by atoms with Crippen LogP contribution in [0.3, 0.4) is 0 Å². The lowest BCUT2D eigenvalue weighted by molar-refractivity contribution is 0.0897. The van der Waals surface area contributed by atoms with Crippen molar-refractivity contribution in [3.05, 3.63) is 41.4 Å². The van der Waals surface area contributed by atoms with Gasteiger partial charge in [-0.15, -0.1) is 0 Å². The molecule has 106 valence electrons. The van der Waals surface area contributed by atoms with Crippen LogP contribution in [0, 0.1) is 6.92 Å². The third-order valence-corrected chi connectivity index (χ3v) is 3.68. The molecule has 1 atom stereocenters. The first-order valence-electron chi connectivity index (χ1n) is 7.08. The van der Waals surface area contributed by atoms with E-state index in [1.807, 2.05) is 26.1 Å². The largest absolute Gasteiger partial charge is 0.456 e. The summed E-state index contributed by atoms with van der Waals surface area (Å²) in [5.41, 5.74) is 1.03. The molecule has 0 fully saturated rings. The number of fused-ring (bicyclic) bond motifs is 1. The van der Waals surface area contributed by atoms with Crippen LogP contribution >= 0.6 is 0 Å². The Balaban J connectivity index is 1.65. The number of aromatic nitrogens is 2. The molecule has 1 N–H and O–H groups in total. The number of hydrogen-bond acceptors (Lipinski definition) is 3. The summed E-state index contributed by atoms with van der Waals surface area (Å²) in [6, 6.07) is 3.73. The molecular weight excluding hydrogens is 254 g/mol. The van der Waals surface area contributed by atoms with Gasteiger partial charge in [-0.1, -0.05) is 6.92 Å².